The van der Waals surface area contributed by atoms with Crippen molar-refractivity contribution < 1.29 is 13.5 Å². The van der Waals surface area contributed by atoms with E-state index in [4.69, 9.17) is 22.1 Å². The molecule has 2 aromatic rings. The SMILES string of the molecule is NCc1ccc(OCC(F)(F)c2ccccc2)cc1Cl. The molecular weight excluding hydrogens is 284 g/mol. The minimum atomic E-state index is -3.06. The van der Waals surface area contributed by atoms with Gasteiger partial charge >= 0.3 is 5.92 Å². The van der Waals surface area contributed by atoms with E-state index in [0.29, 0.717) is 17.3 Å². The van der Waals surface area contributed by atoms with Crippen molar-refractivity contribution in [3.05, 3.63) is 64.7 Å². The van der Waals surface area contributed by atoms with Gasteiger partial charge in [-0.1, -0.05) is 48.0 Å². The molecule has 0 saturated carbocycles. The van der Waals surface area contributed by atoms with Crippen molar-refractivity contribution in [2.45, 2.75) is 12.5 Å². The summed E-state index contributed by atoms with van der Waals surface area (Å²) < 4.78 is 32.9. The summed E-state index contributed by atoms with van der Waals surface area (Å²) in [6.45, 7) is -0.450. The Morgan fingerprint density at radius 3 is 2.40 bits per heavy atom. The third kappa shape index (κ3) is 3.46. The van der Waals surface area contributed by atoms with Crippen molar-refractivity contribution in [1.29, 1.82) is 0 Å². The maximum Gasteiger partial charge on any atom is 0.306 e. The summed E-state index contributed by atoms with van der Waals surface area (Å²) in [5.41, 5.74) is 6.14. The number of alkyl halides is 2. The van der Waals surface area contributed by atoms with Gasteiger partial charge in [0.2, 0.25) is 0 Å². The summed E-state index contributed by atoms with van der Waals surface area (Å²) in [5, 5.41) is 0.410. The predicted molar refractivity (Wildman–Crippen MR) is 75.2 cm³/mol. The van der Waals surface area contributed by atoms with Crippen LogP contribution in [0, 0.1) is 0 Å². The van der Waals surface area contributed by atoms with Gasteiger partial charge < -0.3 is 10.5 Å². The summed E-state index contributed by atoms with van der Waals surface area (Å²) in [6, 6.07) is 12.3. The average molecular weight is 298 g/mol. The summed E-state index contributed by atoms with van der Waals surface area (Å²) in [5.74, 6) is -2.76. The van der Waals surface area contributed by atoms with Crippen molar-refractivity contribution in [2.75, 3.05) is 6.61 Å². The van der Waals surface area contributed by atoms with Crippen LogP contribution in [0.3, 0.4) is 0 Å². The monoisotopic (exact) mass is 297 g/mol. The molecule has 0 aliphatic rings. The predicted octanol–water partition coefficient (Wildman–Crippen LogP) is 3.97. The van der Waals surface area contributed by atoms with Gasteiger partial charge in [0.1, 0.15) is 5.75 Å². The fraction of sp³-hybridized carbons (Fsp3) is 0.200. The molecule has 0 heterocycles. The van der Waals surface area contributed by atoms with E-state index < -0.39 is 12.5 Å². The van der Waals surface area contributed by atoms with E-state index in [1.807, 2.05) is 0 Å². The summed E-state index contributed by atoms with van der Waals surface area (Å²) in [7, 11) is 0. The fourth-order valence-corrected chi connectivity index (χ4v) is 1.97. The highest BCUT2D eigenvalue weighted by Gasteiger charge is 2.32. The third-order valence-electron chi connectivity index (χ3n) is 2.86. The van der Waals surface area contributed by atoms with Crippen LogP contribution in [0.1, 0.15) is 11.1 Å². The first-order chi connectivity index (χ1) is 9.53. The van der Waals surface area contributed by atoms with Crippen LogP contribution < -0.4 is 10.5 Å². The molecule has 2 aromatic carbocycles. The summed E-state index contributed by atoms with van der Waals surface area (Å²) in [4.78, 5) is 0. The quantitative estimate of drug-likeness (QED) is 0.906. The first-order valence-electron chi connectivity index (χ1n) is 6.07. The van der Waals surface area contributed by atoms with Gasteiger partial charge in [-0.3, -0.25) is 0 Å². The Morgan fingerprint density at radius 2 is 1.80 bits per heavy atom. The van der Waals surface area contributed by atoms with Crippen LogP contribution in [-0.2, 0) is 12.5 Å². The Bertz CT molecular complexity index is 575. The van der Waals surface area contributed by atoms with Crippen LogP contribution in [-0.4, -0.2) is 6.61 Å². The van der Waals surface area contributed by atoms with E-state index >= 15 is 0 Å². The minimum Gasteiger partial charge on any atom is -0.487 e. The topological polar surface area (TPSA) is 35.2 Å². The van der Waals surface area contributed by atoms with Gasteiger partial charge in [0, 0.05) is 17.1 Å². The first kappa shape index (κ1) is 14.8. The van der Waals surface area contributed by atoms with Gasteiger partial charge in [-0.15, -0.1) is 0 Å². The second kappa shape index (κ2) is 6.20. The Balaban J connectivity index is 2.06. The molecule has 0 unspecified atom stereocenters. The van der Waals surface area contributed by atoms with Crippen molar-refractivity contribution in [3.63, 3.8) is 0 Å². The fourth-order valence-electron chi connectivity index (χ4n) is 1.72. The normalized spacial score (nSPS) is 11.4. The zero-order chi connectivity index (χ0) is 14.6. The van der Waals surface area contributed by atoms with E-state index in [2.05, 4.69) is 0 Å². The molecule has 2 nitrogen and oxygen atoms in total. The molecule has 0 bridgehead atoms. The molecule has 0 aliphatic heterocycles. The minimum absolute atomic E-state index is 0.0790. The lowest BCUT2D eigenvalue weighted by molar-refractivity contribution is -0.0467. The number of nitrogens with two attached hydrogens (primary N) is 1. The van der Waals surface area contributed by atoms with Crippen LogP contribution in [0.25, 0.3) is 0 Å². The van der Waals surface area contributed by atoms with E-state index in [-0.39, 0.29) is 5.56 Å². The van der Waals surface area contributed by atoms with Crippen LogP contribution in [0.4, 0.5) is 8.78 Å². The van der Waals surface area contributed by atoms with Gasteiger partial charge in [0.25, 0.3) is 0 Å². The van der Waals surface area contributed by atoms with Crippen molar-refractivity contribution >= 4 is 11.6 Å². The van der Waals surface area contributed by atoms with E-state index in [0.717, 1.165) is 5.56 Å². The van der Waals surface area contributed by atoms with Crippen molar-refractivity contribution in [2.24, 2.45) is 5.73 Å². The van der Waals surface area contributed by atoms with Gasteiger partial charge in [0.15, 0.2) is 6.61 Å². The van der Waals surface area contributed by atoms with Crippen molar-refractivity contribution in [1.82, 2.24) is 0 Å². The second-order valence-electron chi connectivity index (χ2n) is 4.32. The number of benzene rings is 2. The zero-order valence-electron chi connectivity index (χ0n) is 10.7. The highest BCUT2D eigenvalue weighted by atomic mass is 35.5. The van der Waals surface area contributed by atoms with E-state index in [1.165, 1.54) is 18.2 Å². The Labute approximate surface area is 121 Å². The number of hydrogen-bond donors (Lipinski definition) is 1. The lowest BCUT2D eigenvalue weighted by atomic mass is 10.1. The maximum absolute atomic E-state index is 13.9. The Hall–Kier alpha value is -1.65. The van der Waals surface area contributed by atoms with E-state index in [1.54, 1.807) is 30.3 Å². The molecule has 0 spiro atoms. The number of halogens is 3. The molecule has 0 atom stereocenters. The second-order valence-corrected chi connectivity index (χ2v) is 4.72. The number of rotatable bonds is 5. The third-order valence-corrected chi connectivity index (χ3v) is 3.21. The number of ether oxygens (including phenoxy) is 1. The molecule has 0 amide bonds. The molecule has 20 heavy (non-hydrogen) atoms. The van der Waals surface area contributed by atoms with E-state index in [9.17, 15) is 8.78 Å². The highest BCUT2D eigenvalue weighted by molar-refractivity contribution is 6.31. The maximum atomic E-state index is 13.9. The van der Waals surface area contributed by atoms with Crippen LogP contribution in [0.15, 0.2) is 48.5 Å². The Morgan fingerprint density at radius 1 is 1.10 bits per heavy atom. The molecule has 0 radical (unpaired) electrons. The van der Waals surface area contributed by atoms with Gasteiger partial charge in [-0.25, -0.2) is 0 Å². The summed E-state index contributed by atoms with van der Waals surface area (Å²) in [6.07, 6.45) is 0. The lowest BCUT2D eigenvalue weighted by Gasteiger charge is -2.17. The molecular formula is C15H14ClF2NO. The summed E-state index contributed by atoms with van der Waals surface area (Å²) >= 11 is 5.95. The molecule has 0 saturated heterocycles. The molecule has 0 aromatic heterocycles. The highest BCUT2D eigenvalue weighted by Crippen LogP contribution is 2.29. The van der Waals surface area contributed by atoms with Gasteiger partial charge in [0.05, 0.1) is 0 Å². The van der Waals surface area contributed by atoms with Gasteiger partial charge in [-0.2, -0.15) is 8.78 Å². The smallest absolute Gasteiger partial charge is 0.306 e. The van der Waals surface area contributed by atoms with Crippen LogP contribution in [0.5, 0.6) is 5.75 Å². The largest absolute Gasteiger partial charge is 0.487 e. The zero-order valence-corrected chi connectivity index (χ0v) is 11.4. The standard InChI is InChI=1S/C15H14ClF2NO/c16-14-8-13(7-6-11(14)9-19)20-10-15(17,18)12-4-2-1-3-5-12/h1-8H,9-10,19H2. The molecule has 106 valence electrons. The molecule has 2 N–H and O–H groups in total. The van der Waals surface area contributed by atoms with Crippen molar-refractivity contribution in [3.8, 4) is 5.75 Å². The average Bonchev–Trinajstić information content (AvgIpc) is 2.46. The molecule has 2 rings (SSSR count). The molecule has 5 heteroatoms. The number of hydrogen-bond acceptors (Lipinski definition) is 2. The molecule has 0 fully saturated rings. The lowest BCUT2D eigenvalue weighted by Crippen LogP contribution is -2.23. The van der Waals surface area contributed by atoms with Crippen LogP contribution in [0.2, 0.25) is 5.02 Å². The Kier molecular flexibility index (Phi) is 4.57. The van der Waals surface area contributed by atoms with Crippen LogP contribution >= 0.6 is 11.6 Å². The van der Waals surface area contributed by atoms with Gasteiger partial charge in [-0.05, 0) is 17.7 Å². The molecule has 0 aliphatic carbocycles. The first-order valence-corrected chi connectivity index (χ1v) is 6.45.